The molecule has 1 rings (SSSR count). The molecule has 1 amide bonds. The molecule has 1 N–H and O–H groups in total. The number of benzene rings is 1. The van der Waals surface area contributed by atoms with Crippen LogP contribution in [-0.4, -0.2) is 18.9 Å². The molecule has 0 aliphatic rings. The highest BCUT2D eigenvalue weighted by molar-refractivity contribution is 7.88. The maximum atomic E-state index is 13.2. The normalized spacial score (nSPS) is 11.4. The first-order valence-electron chi connectivity index (χ1n) is 4.18. The fourth-order valence-corrected chi connectivity index (χ4v) is 1.89. The first-order chi connectivity index (χ1) is 8.07. The number of carbonyl (C=O) groups is 1. The zero-order chi connectivity index (χ0) is 14.2. The average molecular weight is 287 g/mol. The Morgan fingerprint density at radius 2 is 1.56 bits per heavy atom. The smallest absolute Gasteiger partial charge is 0.274 e. The van der Waals surface area contributed by atoms with E-state index in [1.807, 2.05) is 0 Å². The molecule has 0 aliphatic heterocycles. The van der Waals surface area contributed by atoms with Crippen LogP contribution in [0.4, 0.5) is 23.2 Å². The zero-order valence-electron chi connectivity index (χ0n) is 8.62. The van der Waals surface area contributed by atoms with Gasteiger partial charge >= 0.3 is 10.3 Å². The van der Waals surface area contributed by atoms with Gasteiger partial charge in [-0.1, -0.05) is 0 Å². The van der Waals surface area contributed by atoms with Gasteiger partial charge in [-0.05, 0) is 0 Å². The van der Waals surface area contributed by atoms with E-state index < -0.39 is 49.5 Å². The molecule has 0 aromatic heterocycles. The number of amides is 1. The van der Waals surface area contributed by atoms with Crippen molar-refractivity contribution in [3.05, 3.63) is 29.3 Å². The van der Waals surface area contributed by atoms with Crippen molar-refractivity contribution in [2.45, 2.75) is 6.92 Å². The Labute approximate surface area is 98.5 Å². The molecule has 0 spiro atoms. The predicted octanol–water partition coefficient (Wildman–Crippen LogP) is 1.40. The molecule has 0 unspecified atom stereocenters. The van der Waals surface area contributed by atoms with Crippen molar-refractivity contribution < 1.29 is 35.3 Å². The molecule has 18 heavy (non-hydrogen) atoms. The number of hydrogen-bond donors (Lipinski definition) is 1. The van der Waals surface area contributed by atoms with E-state index in [0.717, 1.165) is 0 Å². The molecule has 100 valence electrons. The molecule has 0 saturated heterocycles. The lowest BCUT2D eigenvalue weighted by molar-refractivity contribution is -0.115. The van der Waals surface area contributed by atoms with E-state index in [9.17, 15) is 30.8 Å². The fourth-order valence-electron chi connectivity index (χ4n) is 1.17. The van der Waals surface area contributed by atoms with Crippen molar-refractivity contribution >= 4 is 21.9 Å². The minimum Gasteiger partial charge on any atom is -0.274 e. The minimum absolute atomic E-state index is 0.170. The van der Waals surface area contributed by atoms with E-state index in [0.29, 0.717) is 6.92 Å². The van der Waals surface area contributed by atoms with Crippen LogP contribution in [0, 0.1) is 23.3 Å². The summed E-state index contributed by atoms with van der Waals surface area (Å²) in [6.45, 7) is 0.523. The lowest BCUT2D eigenvalue weighted by atomic mass is 10.2. The third kappa shape index (κ3) is 2.43. The van der Waals surface area contributed by atoms with E-state index in [-0.39, 0.29) is 6.07 Å². The second kappa shape index (κ2) is 4.53. The first kappa shape index (κ1) is 14.4. The Balaban J connectivity index is 3.72. The molecule has 0 bridgehead atoms. The Kier molecular flexibility index (Phi) is 3.62. The summed E-state index contributed by atoms with van der Waals surface area (Å²) in [5.74, 6) is -9.64. The van der Waals surface area contributed by atoms with Gasteiger partial charge in [-0.2, -0.15) is 12.7 Å². The number of hydrogen-bond acceptors (Lipinski definition) is 3. The quantitative estimate of drug-likeness (QED) is 0.507. The topological polar surface area (TPSA) is 74.7 Å². The van der Waals surface area contributed by atoms with Gasteiger partial charge < -0.3 is 0 Å². The molecule has 0 fully saturated rings. The van der Waals surface area contributed by atoms with E-state index in [4.69, 9.17) is 4.55 Å². The molecular weight excluding hydrogens is 282 g/mol. The van der Waals surface area contributed by atoms with Gasteiger partial charge in [-0.3, -0.25) is 9.35 Å². The Hall–Kier alpha value is -1.68. The van der Waals surface area contributed by atoms with Crippen LogP contribution in [0.5, 0.6) is 0 Å². The van der Waals surface area contributed by atoms with Crippen LogP contribution >= 0.6 is 0 Å². The summed E-state index contributed by atoms with van der Waals surface area (Å²) in [6.07, 6.45) is 0. The zero-order valence-corrected chi connectivity index (χ0v) is 9.43. The van der Waals surface area contributed by atoms with Crippen molar-refractivity contribution in [3.8, 4) is 0 Å². The fraction of sp³-hybridized carbons (Fsp3) is 0.125. The molecule has 0 atom stereocenters. The van der Waals surface area contributed by atoms with Gasteiger partial charge in [0.2, 0.25) is 5.91 Å². The SMILES string of the molecule is CC(=O)N(c1c(F)c(F)cc(F)c1F)S(=O)(=O)O. The average Bonchev–Trinajstić information content (AvgIpc) is 2.19. The summed E-state index contributed by atoms with van der Waals surface area (Å²) in [4.78, 5) is 10.9. The highest BCUT2D eigenvalue weighted by atomic mass is 32.2. The third-order valence-electron chi connectivity index (χ3n) is 1.81. The van der Waals surface area contributed by atoms with E-state index >= 15 is 0 Å². The van der Waals surface area contributed by atoms with Crippen molar-refractivity contribution in [1.82, 2.24) is 0 Å². The number of halogens is 4. The molecule has 1 aromatic rings. The highest BCUT2D eigenvalue weighted by Gasteiger charge is 2.33. The molecule has 0 radical (unpaired) electrons. The Morgan fingerprint density at radius 1 is 1.17 bits per heavy atom. The van der Waals surface area contributed by atoms with Gasteiger partial charge in [-0.15, -0.1) is 0 Å². The van der Waals surface area contributed by atoms with E-state index in [1.54, 1.807) is 0 Å². The predicted molar refractivity (Wildman–Crippen MR) is 51.0 cm³/mol. The van der Waals surface area contributed by atoms with Gasteiger partial charge in [-0.25, -0.2) is 17.6 Å². The van der Waals surface area contributed by atoms with Gasteiger partial charge in [0, 0.05) is 13.0 Å². The number of anilines is 1. The summed E-state index contributed by atoms with van der Waals surface area (Å²) >= 11 is 0. The van der Waals surface area contributed by atoms with Crippen molar-refractivity contribution in [2.75, 3.05) is 4.31 Å². The highest BCUT2D eigenvalue weighted by Crippen LogP contribution is 2.29. The first-order valence-corrected chi connectivity index (χ1v) is 5.58. The summed E-state index contributed by atoms with van der Waals surface area (Å²) in [7, 11) is -5.43. The van der Waals surface area contributed by atoms with Gasteiger partial charge in [0.25, 0.3) is 0 Å². The van der Waals surface area contributed by atoms with Crippen molar-refractivity contribution in [3.63, 3.8) is 0 Å². The molecular formula is C8H5F4NO4S. The minimum atomic E-state index is -5.43. The lowest BCUT2D eigenvalue weighted by Gasteiger charge is -2.18. The molecule has 0 heterocycles. The molecule has 0 aliphatic carbocycles. The third-order valence-corrected chi connectivity index (χ3v) is 2.71. The van der Waals surface area contributed by atoms with Gasteiger partial charge in [0.1, 0.15) is 5.69 Å². The Bertz CT molecular complexity index is 590. The monoisotopic (exact) mass is 287 g/mol. The summed E-state index contributed by atoms with van der Waals surface area (Å²) < 4.78 is 81.5. The second-order valence-corrected chi connectivity index (χ2v) is 4.34. The number of rotatable bonds is 2. The van der Waals surface area contributed by atoms with Crippen LogP contribution in [-0.2, 0) is 15.1 Å². The molecule has 10 heteroatoms. The Morgan fingerprint density at radius 3 is 1.83 bits per heavy atom. The van der Waals surface area contributed by atoms with E-state index in [1.165, 1.54) is 0 Å². The van der Waals surface area contributed by atoms with E-state index in [2.05, 4.69) is 0 Å². The molecule has 1 aromatic carbocycles. The van der Waals surface area contributed by atoms with Crippen LogP contribution in [0.3, 0.4) is 0 Å². The summed E-state index contributed by atoms with van der Waals surface area (Å²) in [6, 6.07) is -0.170. The van der Waals surface area contributed by atoms with Crippen LogP contribution in [0.1, 0.15) is 6.92 Å². The number of carbonyl (C=O) groups excluding carboxylic acids is 1. The summed E-state index contributed by atoms with van der Waals surface area (Å²) in [5, 5.41) is 0. The maximum Gasteiger partial charge on any atom is 0.366 e. The molecule has 0 saturated carbocycles. The van der Waals surface area contributed by atoms with Crippen molar-refractivity contribution in [1.29, 1.82) is 0 Å². The summed E-state index contributed by atoms with van der Waals surface area (Å²) in [5.41, 5.74) is -1.84. The van der Waals surface area contributed by atoms with Gasteiger partial charge in [0.05, 0.1) is 0 Å². The van der Waals surface area contributed by atoms with Crippen LogP contribution < -0.4 is 4.31 Å². The second-order valence-electron chi connectivity index (χ2n) is 3.08. The molecule has 5 nitrogen and oxygen atoms in total. The van der Waals surface area contributed by atoms with Gasteiger partial charge in [0.15, 0.2) is 23.3 Å². The number of nitrogens with zero attached hydrogens (tertiary/aromatic N) is 1. The maximum absolute atomic E-state index is 13.2. The van der Waals surface area contributed by atoms with Crippen LogP contribution in [0.15, 0.2) is 6.07 Å². The largest absolute Gasteiger partial charge is 0.366 e. The van der Waals surface area contributed by atoms with Crippen molar-refractivity contribution in [2.24, 2.45) is 0 Å². The van der Waals surface area contributed by atoms with Crippen LogP contribution in [0.2, 0.25) is 0 Å². The van der Waals surface area contributed by atoms with Crippen LogP contribution in [0.25, 0.3) is 0 Å². The lowest BCUT2D eigenvalue weighted by Crippen LogP contribution is -2.36. The standard InChI is InChI=1S/C8H5F4NO4S/c1-3(14)13(18(15,16)17)8-6(11)4(9)2-5(10)7(8)12/h2H,1H3,(H,15,16,17).